The molecular formula is C11H20N2O2. The summed E-state index contributed by atoms with van der Waals surface area (Å²) in [6, 6.07) is 0. The lowest BCUT2D eigenvalue weighted by atomic mass is 10.4. The van der Waals surface area contributed by atoms with Crippen molar-refractivity contribution in [1.82, 2.24) is 9.80 Å². The van der Waals surface area contributed by atoms with Gasteiger partial charge < -0.3 is 10.0 Å². The molecule has 0 aromatic heterocycles. The van der Waals surface area contributed by atoms with Crippen molar-refractivity contribution in [2.75, 3.05) is 39.3 Å². The van der Waals surface area contributed by atoms with E-state index >= 15 is 0 Å². The second-order valence-electron chi connectivity index (χ2n) is 3.34. The summed E-state index contributed by atoms with van der Waals surface area (Å²) in [4.78, 5) is 14.6. The molecule has 0 aliphatic carbocycles. The van der Waals surface area contributed by atoms with Crippen molar-refractivity contribution in [3.63, 3.8) is 0 Å². The molecule has 0 aliphatic heterocycles. The molecule has 0 atom stereocenters. The van der Waals surface area contributed by atoms with Gasteiger partial charge in [0.15, 0.2) is 0 Å². The Morgan fingerprint density at radius 2 is 1.80 bits per heavy atom. The number of hydrogen-bond acceptors (Lipinski definition) is 3. The molecule has 0 fully saturated rings. The Labute approximate surface area is 91.9 Å². The van der Waals surface area contributed by atoms with Gasteiger partial charge in [-0.15, -0.1) is 6.42 Å². The van der Waals surface area contributed by atoms with E-state index in [-0.39, 0.29) is 6.54 Å². The number of aliphatic carboxylic acids is 1. The van der Waals surface area contributed by atoms with Gasteiger partial charge in [0.2, 0.25) is 0 Å². The average Bonchev–Trinajstić information content (AvgIpc) is 2.18. The number of carbonyl (C=O) groups is 1. The Hall–Kier alpha value is -1.05. The van der Waals surface area contributed by atoms with Crippen LogP contribution in [0.15, 0.2) is 0 Å². The van der Waals surface area contributed by atoms with Crippen molar-refractivity contribution in [3.05, 3.63) is 0 Å². The molecule has 0 amide bonds. The Morgan fingerprint density at radius 1 is 1.27 bits per heavy atom. The molecule has 4 nitrogen and oxygen atoms in total. The van der Waals surface area contributed by atoms with Crippen molar-refractivity contribution >= 4 is 5.97 Å². The van der Waals surface area contributed by atoms with Gasteiger partial charge in [-0.05, 0) is 13.1 Å². The number of nitrogens with zero attached hydrogens (tertiary/aromatic N) is 2. The Kier molecular flexibility index (Phi) is 7.69. The molecule has 0 aliphatic rings. The molecular weight excluding hydrogens is 192 g/mol. The fraction of sp³-hybridized carbons (Fsp3) is 0.727. The van der Waals surface area contributed by atoms with Gasteiger partial charge in [0, 0.05) is 13.1 Å². The Morgan fingerprint density at radius 3 is 2.20 bits per heavy atom. The number of terminal acetylenes is 1. The van der Waals surface area contributed by atoms with E-state index in [2.05, 4.69) is 24.7 Å². The fourth-order valence-corrected chi connectivity index (χ4v) is 1.36. The van der Waals surface area contributed by atoms with Gasteiger partial charge in [-0.1, -0.05) is 19.8 Å². The minimum Gasteiger partial charge on any atom is -0.480 e. The Balaban J connectivity index is 3.94. The standard InChI is InChI=1S/C11H20N2O2/c1-4-7-13(10-11(14)15)9-8-12(5-2)6-3/h1H,5-10H2,2-3H3,(H,14,15). The van der Waals surface area contributed by atoms with Gasteiger partial charge in [-0.3, -0.25) is 9.69 Å². The molecule has 0 spiro atoms. The van der Waals surface area contributed by atoms with Crippen molar-refractivity contribution in [1.29, 1.82) is 0 Å². The summed E-state index contributed by atoms with van der Waals surface area (Å²) < 4.78 is 0. The monoisotopic (exact) mass is 212 g/mol. The number of rotatable bonds is 8. The highest BCUT2D eigenvalue weighted by Crippen LogP contribution is 1.92. The van der Waals surface area contributed by atoms with Gasteiger partial charge in [0.05, 0.1) is 13.1 Å². The van der Waals surface area contributed by atoms with Crippen LogP contribution in [0.3, 0.4) is 0 Å². The molecule has 0 aromatic carbocycles. The highest BCUT2D eigenvalue weighted by atomic mass is 16.4. The SMILES string of the molecule is C#CCN(CCN(CC)CC)CC(=O)O. The summed E-state index contributed by atoms with van der Waals surface area (Å²) >= 11 is 0. The average molecular weight is 212 g/mol. The first-order chi connectivity index (χ1) is 7.13. The summed E-state index contributed by atoms with van der Waals surface area (Å²) in [5.74, 6) is 1.65. The quantitative estimate of drug-likeness (QED) is 0.590. The molecule has 1 N–H and O–H groups in total. The maximum absolute atomic E-state index is 10.5. The summed E-state index contributed by atoms with van der Waals surface area (Å²) in [7, 11) is 0. The highest BCUT2D eigenvalue weighted by Gasteiger charge is 2.09. The predicted octanol–water partition coefficient (Wildman–Crippen LogP) is 0.348. The molecule has 0 saturated heterocycles. The summed E-state index contributed by atoms with van der Waals surface area (Å²) in [5, 5.41) is 8.67. The van der Waals surface area contributed by atoms with Crippen molar-refractivity contribution in [2.24, 2.45) is 0 Å². The smallest absolute Gasteiger partial charge is 0.317 e. The molecule has 0 bridgehead atoms. The molecule has 0 saturated carbocycles. The second-order valence-corrected chi connectivity index (χ2v) is 3.34. The third-order valence-corrected chi connectivity index (χ3v) is 2.30. The lowest BCUT2D eigenvalue weighted by Crippen LogP contribution is -2.38. The van der Waals surface area contributed by atoms with E-state index in [9.17, 15) is 4.79 Å². The van der Waals surface area contributed by atoms with Gasteiger partial charge in [-0.2, -0.15) is 0 Å². The van der Waals surface area contributed by atoms with E-state index in [0.717, 1.165) is 19.6 Å². The van der Waals surface area contributed by atoms with E-state index in [1.165, 1.54) is 0 Å². The van der Waals surface area contributed by atoms with Gasteiger partial charge in [0.1, 0.15) is 0 Å². The molecule has 0 aromatic rings. The molecule has 15 heavy (non-hydrogen) atoms. The minimum atomic E-state index is -0.829. The van der Waals surface area contributed by atoms with Crippen LogP contribution in [-0.2, 0) is 4.79 Å². The largest absolute Gasteiger partial charge is 0.480 e. The van der Waals surface area contributed by atoms with Crippen molar-refractivity contribution in [3.8, 4) is 12.3 Å². The topological polar surface area (TPSA) is 43.8 Å². The predicted molar refractivity (Wildman–Crippen MR) is 60.7 cm³/mol. The van der Waals surface area contributed by atoms with Crippen LogP contribution < -0.4 is 0 Å². The third kappa shape index (κ3) is 6.95. The summed E-state index contributed by atoms with van der Waals surface area (Å²) in [5.41, 5.74) is 0. The minimum absolute atomic E-state index is 0.0193. The molecule has 86 valence electrons. The molecule has 0 rings (SSSR count). The lowest BCUT2D eigenvalue weighted by Gasteiger charge is -2.23. The maximum atomic E-state index is 10.5. The lowest BCUT2D eigenvalue weighted by molar-refractivity contribution is -0.138. The van der Waals surface area contributed by atoms with Crippen molar-refractivity contribution in [2.45, 2.75) is 13.8 Å². The number of likely N-dealkylation sites (N-methyl/N-ethyl adjacent to an activating group) is 1. The first kappa shape index (κ1) is 13.9. The van der Waals surface area contributed by atoms with Crippen LogP contribution >= 0.6 is 0 Å². The van der Waals surface area contributed by atoms with Gasteiger partial charge in [0.25, 0.3) is 0 Å². The number of hydrogen-bond donors (Lipinski definition) is 1. The van der Waals surface area contributed by atoms with E-state index < -0.39 is 5.97 Å². The van der Waals surface area contributed by atoms with Crippen LogP contribution in [0, 0.1) is 12.3 Å². The van der Waals surface area contributed by atoms with E-state index in [1.807, 2.05) is 0 Å². The Bertz CT molecular complexity index is 219. The molecule has 0 radical (unpaired) electrons. The van der Waals surface area contributed by atoms with Crippen LogP contribution in [0.5, 0.6) is 0 Å². The first-order valence-corrected chi connectivity index (χ1v) is 5.24. The zero-order valence-corrected chi connectivity index (χ0v) is 9.57. The van der Waals surface area contributed by atoms with Crippen LogP contribution in [0.4, 0.5) is 0 Å². The zero-order valence-electron chi connectivity index (χ0n) is 9.57. The van der Waals surface area contributed by atoms with E-state index in [1.54, 1.807) is 4.90 Å². The van der Waals surface area contributed by atoms with Crippen LogP contribution in [0.2, 0.25) is 0 Å². The zero-order chi connectivity index (χ0) is 11.7. The van der Waals surface area contributed by atoms with Crippen molar-refractivity contribution < 1.29 is 9.90 Å². The molecule has 4 heteroatoms. The number of carboxylic acid groups (broad SMARTS) is 1. The summed E-state index contributed by atoms with van der Waals surface area (Å²) in [6.45, 7) is 8.12. The van der Waals surface area contributed by atoms with Crippen LogP contribution in [-0.4, -0.2) is 60.1 Å². The second kappa shape index (κ2) is 8.27. The van der Waals surface area contributed by atoms with Crippen LogP contribution in [0.25, 0.3) is 0 Å². The fourth-order valence-electron chi connectivity index (χ4n) is 1.36. The van der Waals surface area contributed by atoms with E-state index in [0.29, 0.717) is 13.1 Å². The highest BCUT2D eigenvalue weighted by molar-refractivity contribution is 5.69. The molecule has 0 heterocycles. The third-order valence-electron chi connectivity index (χ3n) is 2.30. The molecule has 0 unspecified atom stereocenters. The summed E-state index contributed by atoms with van der Waals surface area (Å²) in [6.07, 6.45) is 5.18. The van der Waals surface area contributed by atoms with Gasteiger partial charge in [-0.25, -0.2) is 0 Å². The van der Waals surface area contributed by atoms with E-state index in [4.69, 9.17) is 11.5 Å². The number of carboxylic acids is 1. The normalized spacial score (nSPS) is 10.6. The van der Waals surface area contributed by atoms with Gasteiger partial charge >= 0.3 is 5.97 Å². The first-order valence-electron chi connectivity index (χ1n) is 5.24. The van der Waals surface area contributed by atoms with Crippen LogP contribution in [0.1, 0.15) is 13.8 Å². The maximum Gasteiger partial charge on any atom is 0.317 e.